The molecular weight excluding hydrogens is 480 g/mol. The SMILES string of the molecule is COc1ccc(Cl)cc1NC(=O)C1CCN(S(=O)(=O)Cc2cccc(Br)c2)CC1. The van der Waals surface area contributed by atoms with Gasteiger partial charge in [0, 0.05) is 28.5 Å². The zero-order valence-electron chi connectivity index (χ0n) is 15.9. The average molecular weight is 502 g/mol. The van der Waals surface area contributed by atoms with Crippen molar-refractivity contribution < 1.29 is 17.9 Å². The van der Waals surface area contributed by atoms with Crippen LogP contribution in [-0.4, -0.2) is 38.8 Å². The minimum absolute atomic E-state index is 0.0526. The van der Waals surface area contributed by atoms with Gasteiger partial charge >= 0.3 is 0 Å². The summed E-state index contributed by atoms with van der Waals surface area (Å²) in [6, 6.07) is 12.3. The van der Waals surface area contributed by atoms with E-state index in [0.29, 0.717) is 42.4 Å². The van der Waals surface area contributed by atoms with E-state index in [9.17, 15) is 13.2 Å². The Kier molecular flexibility index (Phi) is 7.21. The van der Waals surface area contributed by atoms with E-state index in [2.05, 4.69) is 21.2 Å². The smallest absolute Gasteiger partial charge is 0.227 e. The first-order valence-electron chi connectivity index (χ1n) is 9.15. The third-order valence-electron chi connectivity index (χ3n) is 4.88. The molecule has 2 aromatic rings. The fourth-order valence-electron chi connectivity index (χ4n) is 3.34. The maximum Gasteiger partial charge on any atom is 0.227 e. The fourth-order valence-corrected chi connectivity index (χ4v) is 5.51. The second kappa shape index (κ2) is 9.47. The molecule has 0 spiro atoms. The van der Waals surface area contributed by atoms with Crippen molar-refractivity contribution in [3.05, 3.63) is 57.5 Å². The lowest BCUT2D eigenvalue weighted by Gasteiger charge is -2.30. The molecule has 6 nitrogen and oxygen atoms in total. The number of rotatable bonds is 6. The third-order valence-corrected chi connectivity index (χ3v) is 7.45. The van der Waals surface area contributed by atoms with Crippen molar-refractivity contribution in [1.82, 2.24) is 4.31 Å². The molecule has 1 fully saturated rings. The van der Waals surface area contributed by atoms with Crippen LogP contribution in [0.25, 0.3) is 0 Å². The lowest BCUT2D eigenvalue weighted by atomic mass is 9.97. The van der Waals surface area contributed by atoms with Crippen molar-refractivity contribution in [2.75, 3.05) is 25.5 Å². The Labute approximate surface area is 184 Å². The van der Waals surface area contributed by atoms with Crippen molar-refractivity contribution in [3.63, 3.8) is 0 Å². The highest BCUT2D eigenvalue weighted by Crippen LogP contribution is 2.29. The number of sulfonamides is 1. The Morgan fingerprint density at radius 1 is 1.24 bits per heavy atom. The third kappa shape index (κ3) is 5.72. The van der Waals surface area contributed by atoms with Gasteiger partial charge in [-0.3, -0.25) is 4.79 Å². The first-order chi connectivity index (χ1) is 13.8. The normalized spacial score (nSPS) is 15.8. The number of benzene rings is 2. The molecule has 29 heavy (non-hydrogen) atoms. The van der Waals surface area contributed by atoms with E-state index in [0.717, 1.165) is 10.0 Å². The molecule has 0 bridgehead atoms. The molecule has 1 amide bonds. The predicted molar refractivity (Wildman–Crippen MR) is 118 cm³/mol. The van der Waals surface area contributed by atoms with Crippen LogP contribution >= 0.6 is 27.5 Å². The van der Waals surface area contributed by atoms with Crippen LogP contribution in [0.1, 0.15) is 18.4 Å². The number of halogens is 2. The molecular formula is C20H22BrClN2O4S. The van der Waals surface area contributed by atoms with Gasteiger partial charge in [0.1, 0.15) is 5.75 Å². The van der Waals surface area contributed by atoms with Crippen molar-refractivity contribution in [2.24, 2.45) is 5.92 Å². The van der Waals surface area contributed by atoms with Crippen LogP contribution in [0.15, 0.2) is 46.9 Å². The van der Waals surface area contributed by atoms with Gasteiger partial charge in [0.25, 0.3) is 0 Å². The number of ether oxygens (including phenoxy) is 1. The van der Waals surface area contributed by atoms with Gasteiger partial charge in [0.05, 0.1) is 18.6 Å². The van der Waals surface area contributed by atoms with Gasteiger partial charge in [-0.15, -0.1) is 0 Å². The zero-order valence-corrected chi connectivity index (χ0v) is 19.1. The van der Waals surface area contributed by atoms with Gasteiger partial charge in [-0.05, 0) is 48.7 Å². The Morgan fingerprint density at radius 2 is 1.97 bits per heavy atom. The van der Waals surface area contributed by atoms with Crippen LogP contribution in [0.2, 0.25) is 5.02 Å². The van der Waals surface area contributed by atoms with Crippen molar-refractivity contribution in [2.45, 2.75) is 18.6 Å². The van der Waals surface area contributed by atoms with E-state index in [1.165, 1.54) is 11.4 Å². The van der Waals surface area contributed by atoms with Crippen LogP contribution in [0.4, 0.5) is 5.69 Å². The molecule has 0 radical (unpaired) electrons. The standard InChI is InChI=1S/C20H22BrClN2O4S/c1-28-19-6-5-17(22)12-18(19)23-20(25)15-7-9-24(10-8-15)29(26,27)13-14-3-2-4-16(21)11-14/h2-6,11-12,15H,7-10,13H2,1H3,(H,23,25). The molecule has 2 aromatic carbocycles. The fraction of sp³-hybridized carbons (Fsp3) is 0.350. The molecule has 0 aromatic heterocycles. The van der Waals surface area contributed by atoms with E-state index in [1.54, 1.807) is 30.3 Å². The summed E-state index contributed by atoms with van der Waals surface area (Å²) in [6.45, 7) is 0.641. The molecule has 1 aliphatic rings. The molecule has 1 saturated heterocycles. The monoisotopic (exact) mass is 500 g/mol. The first kappa shape index (κ1) is 22.1. The van der Waals surface area contributed by atoms with Crippen molar-refractivity contribution >= 4 is 49.1 Å². The van der Waals surface area contributed by atoms with E-state index in [4.69, 9.17) is 16.3 Å². The topological polar surface area (TPSA) is 75.7 Å². The van der Waals surface area contributed by atoms with Gasteiger partial charge in [-0.1, -0.05) is 39.7 Å². The van der Waals surface area contributed by atoms with Gasteiger partial charge < -0.3 is 10.1 Å². The number of anilines is 1. The van der Waals surface area contributed by atoms with Crippen LogP contribution < -0.4 is 10.1 Å². The molecule has 1 aliphatic heterocycles. The number of carbonyl (C=O) groups excluding carboxylic acids is 1. The van der Waals surface area contributed by atoms with Crippen LogP contribution in [0.3, 0.4) is 0 Å². The maximum absolute atomic E-state index is 12.7. The summed E-state index contributed by atoms with van der Waals surface area (Å²) in [6.07, 6.45) is 0.929. The largest absolute Gasteiger partial charge is 0.495 e. The Balaban J connectivity index is 1.60. The highest BCUT2D eigenvalue weighted by molar-refractivity contribution is 9.10. The summed E-state index contributed by atoms with van der Waals surface area (Å²) >= 11 is 9.37. The number of amides is 1. The van der Waals surface area contributed by atoms with E-state index in [1.807, 2.05) is 12.1 Å². The quantitative estimate of drug-likeness (QED) is 0.641. The number of methoxy groups -OCH3 is 1. The van der Waals surface area contributed by atoms with Gasteiger partial charge in [0.15, 0.2) is 0 Å². The Hall–Kier alpha value is -1.61. The Bertz CT molecular complexity index is 992. The number of hydrogen-bond acceptors (Lipinski definition) is 4. The molecule has 3 rings (SSSR count). The molecule has 1 N–H and O–H groups in total. The summed E-state index contributed by atoms with van der Waals surface area (Å²) in [5, 5.41) is 3.35. The van der Waals surface area contributed by atoms with Crippen LogP contribution in [0, 0.1) is 5.92 Å². The maximum atomic E-state index is 12.7. The molecule has 9 heteroatoms. The van der Waals surface area contributed by atoms with Crippen LogP contribution in [0.5, 0.6) is 5.75 Å². The molecule has 0 atom stereocenters. The first-order valence-corrected chi connectivity index (χ1v) is 11.9. The molecule has 0 aliphatic carbocycles. The summed E-state index contributed by atoms with van der Waals surface area (Å²) in [5.74, 6) is 0.0469. The summed E-state index contributed by atoms with van der Waals surface area (Å²) in [5.41, 5.74) is 1.24. The highest BCUT2D eigenvalue weighted by Gasteiger charge is 2.31. The second-order valence-corrected chi connectivity index (χ2v) is 10.2. The Morgan fingerprint density at radius 3 is 2.62 bits per heavy atom. The molecule has 0 saturated carbocycles. The molecule has 156 valence electrons. The number of carbonyl (C=O) groups is 1. The number of hydrogen-bond donors (Lipinski definition) is 1. The predicted octanol–water partition coefficient (Wildman–Crippen LogP) is 4.29. The van der Waals surface area contributed by atoms with Crippen molar-refractivity contribution in [3.8, 4) is 5.75 Å². The van der Waals surface area contributed by atoms with E-state index >= 15 is 0 Å². The van der Waals surface area contributed by atoms with Gasteiger partial charge in [-0.25, -0.2) is 12.7 Å². The summed E-state index contributed by atoms with van der Waals surface area (Å²) < 4.78 is 33.0. The minimum Gasteiger partial charge on any atom is -0.495 e. The van der Waals surface area contributed by atoms with E-state index < -0.39 is 10.0 Å². The number of piperidine rings is 1. The lowest BCUT2D eigenvalue weighted by molar-refractivity contribution is -0.120. The minimum atomic E-state index is -3.43. The lowest BCUT2D eigenvalue weighted by Crippen LogP contribution is -2.41. The molecule has 0 unspecified atom stereocenters. The highest BCUT2D eigenvalue weighted by atomic mass is 79.9. The summed E-state index contributed by atoms with van der Waals surface area (Å²) in [7, 11) is -1.91. The number of nitrogens with zero attached hydrogens (tertiary/aromatic N) is 1. The van der Waals surface area contributed by atoms with Crippen molar-refractivity contribution in [1.29, 1.82) is 0 Å². The van der Waals surface area contributed by atoms with Gasteiger partial charge in [-0.2, -0.15) is 0 Å². The zero-order chi connectivity index (χ0) is 21.0. The van der Waals surface area contributed by atoms with Crippen LogP contribution in [-0.2, 0) is 20.6 Å². The second-order valence-electron chi connectivity index (χ2n) is 6.89. The van der Waals surface area contributed by atoms with Gasteiger partial charge in [0.2, 0.25) is 15.9 Å². The molecule has 1 heterocycles. The number of nitrogens with one attached hydrogen (secondary N) is 1. The van der Waals surface area contributed by atoms with E-state index in [-0.39, 0.29) is 17.6 Å². The summed E-state index contributed by atoms with van der Waals surface area (Å²) in [4.78, 5) is 12.6. The average Bonchev–Trinajstić information content (AvgIpc) is 2.68.